The van der Waals surface area contributed by atoms with Gasteiger partial charge in [-0.2, -0.15) is 0 Å². The topological polar surface area (TPSA) is 44.9 Å². The molecule has 1 aromatic rings. The summed E-state index contributed by atoms with van der Waals surface area (Å²) in [7, 11) is 7.90. The zero-order valence-corrected chi connectivity index (χ0v) is 11.6. The Kier molecular flexibility index (Phi) is 4.54. The summed E-state index contributed by atoms with van der Waals surface area (Å²) in [6.07, 6.45) is 0.818. The number of aromatic nitrogens is 1. The highest BCUT2D eigenvalue weighted by Gasteiger charge is 2.09. The van der Waals surface area contributed by atoms with Crippen LogP contribution in [0.4, 0.5) is 0 Å². The highest BCUT2D eigenvalue weighted by Crippen LogP contribution is 2.12. The van der Waals surface area contributed by atoms with E-state index >= 15 is 0 Å². The fraction of sp³-hybridized carbons (Fsp3) is 0.667. The van der Waals surface area contributed by atoms with Crippen molar-refractivity contribution in [1.29, 1.82) is 0 Å². The molecule has 0 atom stereocenters. The van der Waals surface area contributed by atoms with Crippen LogP contribution in [0, 0.1) is 6.92 Å². The van der Waals surface area contributed by atoms with Crippen LogP contribution in [0.3, 0.4) is 0 Å². The predicted molar refractivity (Wildman–Crippen MR) is 69.1 cm³/mol. The van der Waals surface area contributed by atoms with E-state index in [1.54, 1.807) is 0 Å². The Morgan fingerprint density at radius 2 is 1.82 bits per heavy atom. The molecule has 1 heterocycles. The molecule has 0 aliphatic rings. The molecule has 5 heteroatoms. The molecule has 0 radical (unpaired) electrons. The highest BCUT2D eigenvalue weighted by atomic mass is 16.4. The number of rotatable bonds is 3. The lowest BCUT2D eigenvalue weighted by Crippen LogP contribution is -2.35. The second-order valence-corrected chi connectivity index (χ2v) is 4.37. The number of aryl methyl sites for hydroxylation is 2. The molecular formula is C12H22N4O. The fourth-order valence-corrected chi connectivity index (χ4v) is 1.61. The lowest BCUT2D eigenvalue weighted by molar-refractivity contribution is 0.449. The molecule has 0 saturated heterocycles. The maximum atomic E-state index is 5.62. The van der Waals surface area contributed by atoms with Crippen LogP contribution >= 0.6 is 0 Å². The van der Waals surface area contributed by atoms with E-state index in [4.69, 9.17) is 4.42 Å². The Bertz CT molecular complexity index is 383. The molecule has 0 saturated carbocycles. The molecular weight excluding hydrogens is 216 g/mol. The minimum absolute atomic E-state index is 0.532. The zero-order valence-electron chi connectivity index (χ0n) is 11.6. The smallest absolute Gasteiger partial charge is 0.195 e. The zero-order chi connectivity index (χ0) is 13.0. The Labute approximate surface area is 103 Å². The number of oxazole rings is 1. The quantitative estimate of drug-likeness (QED) is 0.591. The molecule has 0 spiro atoms. The van der Waals surface area contributed by atoms with Gasteiger partial charge in [0.1, 0.15) is 12.3 Å². The standard InChI is InChI=1S/C12H22N4O/c1-7-11-14-9(2)10(17-11)8-13-12(15(3)4)16(5)6/h7-8H2,1-6H3. The van der Waals surface area contributed by atoms with Gasteiger partial charge in [-0.05, 0) is 6.92 Å². The average molecular weight is 238 g/mol. The largest absolute Gasteiger partial charge is 0.443 e. The Balaban J connectivity index is 2.83. The van der Waals surface area contributed by atoms with Crippen molar-refractivity contribution in [3.8, 4) is 0 Å². The van der Waals surface area contributed by atoms with Gasteiger partial charge in [-0.15, -0.1) is 0 Å². The average Bonchev–Trinajstić information content (AvgIpc) is 2.59. The van der Waals surface area contributed by atoms with Crippen molar-refractivity contribution in [3.05, 3.63) is 17.3 Å². The molecule has 1 aromatic heterocycles. The summed E-state index contributed by atoms with van der Waals surface area (Å²) in [6.45, 7) is 4.52. The summed E-state index contributed by atoms with van der Waals surface area (Å²) in [5, 5.41) is 0. The van der Waals surface area contributed by atoms with E-state index in [1.807, 2.05) is 51.8 Å². The maximum absolute atomic E-state index is 5.62. The van der Waals surface area contributed by atoms with Crippen molar-refractivity contribution < 1.29 is 4.42 Å². The number of hydrogen-bond acceptors (Lipinski definition) is 3. The van der Waals surface area contributed by atoms with Gasteiger partial charge < -0.3 is 14.2 Å². The molecule has 5 nitrogen and oxygen atoms in total. The van der Waals surface area contributed by atoms with E-state index < -0.39 is 0 Å². The van der Waals surface area contributed by atoms with E-state index in [0.717, 1.165) is 29.7 Å². The molecule has 0 amide bonds. The van der Waals surface area contributed by atoms with Gasteiger partial charge in [0.05, 0.1) is 5.69 Å². The van der Waals surface area contributed by atoms with Crippen molar-refractivity contribution in [2.24, 2.45) is 4.99 Å². The second kappa shape index (κ2) is 5.70. The summed E-state index contributed by atoms with van der Waals surface area (Å²) in [4.78, 5) is 12.8. The van der Waals surface area contributed by atoms with Crippen LogP contribution in [0.1, 0.15) is 24.3 Å². The Hall–Kier alpha value is -1.52. The van der Waals surface area contributed by atoms with Crippen molar-refractivity contribution in [1.82, 2.24) is 14.8 Å². The summed E-state index contributed by atoms with van der Waals surface area (Å²) in [5.41, 5.74) is 0.933. The molecule has 96 valence electrons. The fourth-order valence-electron chi connectivity index (χ4n) is 1.61. The summed E-state index contributed by atoms with van der Waals surface area (Å²) < 4.78 is 5.62. The van der Waals surface area contributed by atoms with Gasteiger partial charge >= 0.3 is 0 Å². The monoisotopic (exact) mass is 238 g/mol. The van der Waals surface area contributed by atoms with E-state index in [1.165, 1.54) is 0 Å². The van der Waals surface area contributed by atoms with Gasteiger partial charge in [-0.25, -0.2) is 9.98 Å². The molecule has 0 aromatic carbocycles. The lowest BCUT2D eigenvalue weighted by atomic mass is 10.4. The Morgan fingerprint density at radius 3 is 2.24 bits per heavy atom. The van der Waals surface area contributed by atoms with Gasteiger partial charge in [-0.3, -0.25) is 0 Å². The van der Waals surface area contributed by atoms with Gasteiger partial charge in [0.2, 0.25) is 0 Å². The molecule has 0 N–H and O–H groups in total. The van der Waals surface area contributed by atoms with Crippen molar-refractivity contribution in [2.45, 2.75) is 26.8 Å². The highest BCUT2D eigenvalue weighted by molar-refractivity contribution is 5.79. The van der Waals surface area contributed by atoms with Crippen LogP contribution in [0.2, 0.25) is 0 Å². The summed E-state index contributed by atoms with van der Waals surface area (Å²) in [6, 6.07) is 0. The number of guanidine groups is 1. The van der Waals surface area contributed by atoms with Gasteiger partial charge in [0.15, 0.2) is 11.9 Å². The number of hydrogen-bond donors (Lipinski definition) is 0. The molecule has 1 rings (SSSR count). The number of nitrogens with zero attached hydrogens (tertiary/aromatic N) is 4. The van der Waals surface area contributed by atoms with E-state index in [-0.39, 0.29) is 0 Å². The third-order valence-electron chi connectivity index (χ3n) is 2.40. The number of aliphatic imine (C=N–C) groups is 1. The first kappa shape index (κ1) is 13.5. The van der Waals surface area contributed by atoms with Gasteiger partial charge in [-0.1, -0.05) is 6.92 Å². The van der Waals surface area contributed by atoms with Crippen molar-refractivity contribution >= 4 is 5.96 Å². The lowest BCUT2D eigenvalue weighted by Gasteiger charge is -2.22. The van der Waals surface area contributed by atoms with Crippen LogP contribution < -0.4 is 0 Å². The van der Waals surface area contributed by atoms with Crippen LogP contribution in [-0.2, 0) is 13.0 Å². The molecule has 0 bridgehead atoms. The van der Waals surface area contributed by atoms with Crippen LogP contribution in [-0.4, -0.2) is 48.9 Å². The first-order valence-corrected chi connectivity index (χ1v) is 5.80. The molecule has 0 fully saturated rings. The van der Waals surface area contributed by atoms with Gasteiger partial charge in [0.25, 0.3) is 0 Å². The first-order chi connectivity index (χ1) is 7.95. The third-order valence-corrected chi connectivity index (χ3v) is 2.40. The maximum Gasteiger partial charge on any atom is 0.195 e. The normalized spacial score (nSPS) is 10.2. The molecule has 0 aliphatic heterocycles. The van der Waals surface area contributed by atoms with Gasteiger partial charge in [0, 0.05) is 34.6 Å². The van der Waals surface area contributed by atoms with E-state index in [0.29, 0.717) is 6.54 Å². The Morgan fingerprint density at radius 1 is 1.24 bits per heavy atom. The summed E-state index contributed by atoms with van der Waals surface area (Å²) in [5.74, 6) is 2.55. The summed E-state index contributed by atoms with van der Waals surface area (Å²) >= 11 is 0. The third kappa shape index (κ3) is 3.47. The molecule has 17 heavy (non-hydrogen) atoms. The SMILES string of the molecule is CCc1nc(C)c(CN=C(N(C)C)N(C)C)o1. The van der Waals surface area contributed by atoms with Crippen LogP contribution in [0.15, 0.2) is 9.41 Å². The van der Waals surface area contributed by atoms with E-state index in [9.17, 15) is 0 Å². The van der Waals surface area contributed by atoms with E-state index in [2.05, 4.69) is 9.98 Å². The molecule has 0 aliphatic carbocycles. The first-order valence-electron chi connectivity index (χ1n) is 5.80. The minimum Gasteiger partial charge on any atom is -0.443 e. The molecule has 0 unspecified atom stereocenters. The van der Waals surface area contributed by atoms with Crippen LogP contribution in [0.25, 0.3) is 0 Å². The van der Waals surface area contributed by atoms with Crippen molar-refractivity contribution in [2.75, 3.05) is 28.2 Å². The van der Waals surface area contributed by atoms with Crippen LogP contribution in [0.5, 0.6) is 0 Å². The predicted octanol–water partition coefficient (Wildman–Crippen LogP) is 1.52. The minimum atomic E-state index is 0.532. The second-order valence-electron chi connectivity index (χ2n) is 4.37. The van der Waals surface area contributed by atoms with Crippen molar-refractivity contribution in [3.63, 3.8) is 0 Å².